The van der Waals surface area contributed by atoms with E-state index in [1.807, 2.05) is 11.8 Å². The van der Waals surface area contributed by atoms with Gasteiger partial charge in [0.15, 0.2) is 0 Å². The van der Waals surface area contributed by atoms with Crippen LogP contribution in [0.2, 0.25) is 0 Å². The molecule has 2 fully saturated rings. The summed E-state index contributed by atoms with van der Waals surface area (Å²) in [6.07, 6.45) is 1.01. The quantitative estimate of drug-likeness (QED) is 0.674. The third kappa shape index (κ3) is 4.89. The molecule has 2 aromatic carbocycles. The number of carbonyl (C=O) groups is 1. The fourth-order valence-corrected chi connectivity index (χ4v) is 6.88. The Kier molecular flexibility index (Phi) is 6.72. The lowest BCUT2D eigenvalue weighted by Gasteiger charge is -2.38. The molecule has 0 N–H and O–H groups in total. The lowest BCUT2D eigenvalue weighted by Crippen LogP contribution is -2.48. The van der Waals surface area contributed by atoms with Crippen LogP contribution in [0.1, 0.15) is 43.1 Å². The molecule has 0 spiro atoms. The van der Waals surface area contributed by atoms with E-state index in [9.17, 15) is 17.6 Å². The minimum Gasteiger partial charge on any atom is -0.368 e. The van der Waals surface area contributed by atoms with Crippen molar-refractivity contribution < 1.29 is 22.0 Å². The Morgan fingerprint density at radius 3 is 2.39 bits per heavy atom. The van der Waals surface area contributed by atoms with Gasteiger partial charge in [-0.05, 0) is 49.6 Å². The molecule has 2 aliphatic heterocycles. The average molecular weight is 478 g/mol. The molecule has 2 atom stereocenters. The predicted octanol–water partition coefficient (Wildman–Crippen LogP) is 3.69. The van der Waals surface area contributed by atoms with Gasteiger partial charge in [-0.25, -0.2) is 17.2 Å². The Labute approximate surface area is 193 Å². The highest BCUT2D eigenvalue weighted by atomic mass is 32.2. The van der Waals surface area contributed by atoms with Gasteiger partial charge in [-0.3, -0.25) is 4.79 Å². The first-order valence-corrected chi connectivity index (χ1v) is 12.7. The summed E-state index contributed by atoms with van der Waals surface area (Å²) in [5, 5.41) is -0.843. The van der Waals surface area contributed by atoms with Gasteiger partial charge in [-0.15, -0.1) is 0 Å². The number of nitrogens with zero attached hydrogens (tertiary/aromatic N) is 3. The minimum atomic E-state index is -3.79. The summed E-state index contributed by atoms with van der Waals surface area (Å²) < 4.78 is 56.9. The summed E-state index contributed by atoms with van der Waals surface area (Å²) >= 11 is 0. The summed E-state index contributed by atoms with van der Waals surface area (Å²) in [5.74, 6) is -0.903. The monoisotopic (exact) mass is 477 g/mol. The molecule has 2 aliphatic rings. The highest BCUT2D eigenvalue weighted by molar-refractivity contribution is 7.89. The standard InChI is InChI=1S/C24H29F2N3O3S/c1-17-6-9-24(19-4-3-5-21(25)14-19)33(31,32)29(17)16-20-7-8-22(15-23(20)26)28-12-10-27(11-13-28)18(2)30/h3-5,7-8,14-15,17,24H,6,9-13,16H2,1-2H3/t17-,24?/m0/s1. The van der Waals surface area contributed by atoms with E-state index in [0.29, 0.717) is 55.8 Å². The fourth-order valence-electron chi connectivity index (χ4n) is 4.70. The molecule has 6 nitrogen and oxygen atoms in total. The second-order valence-electron chi connectivity index (χ2n) is 8.83. The Bertz CT molecular complexity index is 1130. The minimum absolute atomic E-state index is 0.0320. The molecule has 1 unspecified atom stereocenters. The van der Waals surface area contributed by atoms with Crippen LogP contribution in [0.4, 0.5) is 14.5 Å². The first-order valence-electron chi connectivity index (χ1n) is 11.2. The molecule has 0 aliphatic carbocycles. The number of piperazine rings is 1. The average Bonchev–Trinajstić information content (AvgIpc) is 2.77. The highest BCUT2D eigenvalue weighted by Crippen LogP contribution is 2.38. The summed E-state index contributed by atoms with van der Waals surface area (Å²) in [4.78, 5) is 15.3. The van der Waals surface area contributed by atoms with Gasteiger partial charge >= 0.3 is 0 Å². The first-order chi connectivity index (χ1) is 15.7. The van der Waals surface area contributed by atoms with E-state index in [1.165, 1.54) is 28.6 Å². The first kappa shape index (κ1) is 23.6. The molecule has 178 valence electrons. The van der Waals surface area contributed by atoms with Crippen LogP contribution >= 0.6 is 0 Å². The molecule has 1 amide bonds. The maximum absolute atomic E-state index is 15.1. The van der Waals surface area contributed by atoms with Crippen molar-refractivity contribution in [3.63, 3.8) is 0 Å². The van der Waals surface area contributed by atoms with Gasteiger partial charge in [0.2, 0.25) is 15.9 Å². The van der Waals surface area contributed by atoms with Crippen LogP contribution in [-0.4, -0.2) is 55.8 Å². The van der Waals surface area contributed by atoms with E-state index in [4.69, 9.17) is 0 Å². The Morgan fingerprint density at radius 1 is 1.03 bits per heavy atom. The van der Waals surface area contributed by atoms with Crippen LogP contribution in [0, 0.1) is 11.6 Å². The zero-order valence-electron chi connectivity index (χ0n) is 18.9. The van der Waals surface area contributed by atoms with Crippen molar-refractivity contribution >= 4 is 21.6 Å². The van der Waals surface area contributed by atoms with Crippen LogP contribution < -0.4 is 4.90 Å². The second kappa shape index (κ2) is 9.38. The van der Waals surface area contributed by atoms with E-state index in [0.717, 1.165) is 0 Å². The molecule has 2 aromatic rings. The molecular formula is C24H29F2N3O3S. The number of anilines is 1. The lowest BCUT2D eigenvalue weighted by molar-refractivity contribution is -0.129. The molecular weight excluding hydrogens is 448 g/mol. The molecule has 2 saturated heterocycles. The van der Waals surface area contributed by atoms with Crippen molar-refractivity contribution in [1.29, 1.82) is 0 Å². The number of halogens is 2. The van der Waals surface area contributed by atoms with Crippen molar-refractivity contribution in [2.75, 3.05) is 31.1 Å². The lowest BCUT2D eigenvalue weighted by atomic mass is 10.0. The molecule has 0 saturated carbocycles. The maximum atomic E-state index is 15.1. The van der Waals surface area contributed by atoms with Crippen molar-refractivity contribution in [3.05, 3.63) is 65.2 Å². The van der Waals surface area contributed by atoms with Crippen molar-refractivity contribution in [2.24, 2.45) is 0 Å². The topological polar surface area (TPSA) is 60.9 Å². The summed E-state index contributed by atoms with van der Waals surface area (Å²) in [7, 11) is -3.79. The third-order valence-electron chi connectivity index (χ3n) is 6.70. The van der Waals surface area contributed by atoms with Crippen LogP contribution in [-0.2, 0) is 21.4 Å². The van der Waals surface area contributed by atoms with Crippen molar-refractivity contribution in [3.8, 4) is 0 Å². The normalized spacial score (nSPS) is 23.5. The number of hydrogen-bond acceptors (Lipinski definition) is 4. The van der Waals surface area contributed by atoms with Crippen LogP contribution in [0.3, 0.4) is 0 Å². The SMILES string of the molecule is CC(=O)N1CCN(c2ccc(CN3[C@@H](C)CCC(c4cccc(F)c4)S3(=O)=O)c(F)c2)CC1. The van der Waals surface area contributed by atoms with Gasteiger partial charge < -0.3 is 9.80 Å². The Balaban J connectivity index is 1.52. The van der Waals surface area contributed by atoms with Gasteiger partial charge in [-0.2, -0.15) is 4.31 Å². The smallest absolute Gasteiger partial charge is 0.221 e. The maximum Gasteiger partial charge on any atom is 0.221 e. The zero-order chi connectivity index (χ0) is 23.8. The Morgan fingerprint density at radius 2 is 1.76 bits per heavy atom. The van der Waals surface area contributed by atoms with Crippen molar-refractivity contribution in [1.82, 2.24) is 9.21 Å². The van der Waals surface area contributed by atoms with Crippen LogP contribution in [0.15, 0.2) is 42.5 Å². The van der Waals surface area contributed by atoms with Gasteiger partial charge in [0, 0.05) is 56.9 Å². The fraction of sp³-hybridized carbons (Fsp3) is 0.458. The molecule has 0 radical (unpaired) electrons. The number of hydrogen-bond donors (Lipinski definition) is 0. The van der Waals surface area contributed by atoms with Gasteiger partial charge in [0.25, 0.3) is 0 Å². The number of sulfonamides is 1. The summed E-state index contributed by atoms with van der Waals surface area (Å²) in [6, 6.07) is 10.3. The largest absolute Gasteiger partial charge is 0.368 e. The van der Waals surface area contributed by atoms with Gasteiger partial charge in [-0.1, -0.05) is 18.2 Å². The predicted molar refractivity (Wildman–Crippen MR) is 123 cm³/mol. The van der Waals surface area contributed by atoms with Crippen molar-refractivity contribution in [2.45, 2.75) is 44.5 Å². The molecule has 2 heterocycles. The van der Waals surface area contributed by atoms with E-state index in [1.54, 1.807) is 30.0 Å². The van der Waals surface area contributed by atoms with Gasteiger partial charge in [0.05, 0.1) is 0 Å². The zero-order valence-corrected chi connectivity index (χ0v) is 19.7. The van der Waals surface area contributed by atoms with Crippen LogP contribution in [0.5, 0.6) is 0 Å². The highest BCUT2D eigenvalue weighted by Gasteiger charge is 2.40. The number of carbonyl (C=O) groups excluding carboxylic acids is 1. The molecule has 9 heteroatoms. The number of benzene rings is 2. The molecule has 0 bridgehead atoms. The summed E-state index contributed by atoms with van der Waals surface area (Å²) in [6.45, 7) is 5.70. The third-order valence-corrected chi connectivity index (χ3v) is 9.07. The van der Waals surface area contributed by atoms with Crippen LogP contribution in [0.25, 0.3) is 0 Å². The Hall–Kier alpha value is -2.52. The molecule has 4 rings (SSSR count). The molecule has 0 aromatic heterocycles. The number of amides is 1. The second-order valence-corrected chi connectivity index (χ2v) is 10.9. The molecule has 33 heavy (non-hydrogen) atoms. The van der Waals surface area contributed by atoms with E-state index < -0.39 is 26.9 Å². The van der Waals surface area contributed by atoms with E-state index in [-0.39, 0.29) is 18.5 Å². The summed E-state index contributed by atoms with van der Waals surface area (Å²) in [5.41, 5.74) is 1.44. The number of rotatable bonds is 4. The van der Waals surface area contributed by atoms with Gasteiger partial charge in [0.1, 0.15) is 16.9 Å². The van der Waals surface area contributed by atoms with E-state index in [2.05, 4.69) is 0 Å². The van der Waals surface area contributed by atoms with E-state index >= 15 is 4.39 Å².